The normalized spacial score (nSPS) is 17.7. The molecule has 0 bridgehead atoms. The van der Waals surface area contributed by atoms with Gasteiger partial charge in [0.15, 0.2) is 5.82 Å². The first-order chi connectivity index (χ1) is 21.4. The lowest BCUT2D eigenvalue weighted by Crippen LogP contribution is -2.50. The molecular weight excluding hydrogens is 558 g/mol. The second kappa shape index (κ2) is 13.6. The summed E-state index contributed by atoms with van der Waals surface area (Å²) < 4.78 is 5.52. The van der Waals surface area contributed by atoms with Crippen LogP contribution in [0, 0.1) is 0 Å². The lowest BCUT2D eigenvalue weighted by Gasteiger charge is -2.37. The van der Waals surface area contributed by atoms with Gasteiger partial charge in [-0.25, -0.2) is 4.79 Å². The van der Waals surface area contributed by atoms with E-state index in [1.807, 2.05) is 29.2 Å². The van der Waals surface area contributed by atoms with E-state index >= 15 is 0 Å². The maximum Gasteiger partial charge on any atom is 0.323 e. The van der Waals surface area contributed by atoms with E-state index in [0.717, 1.165) is 70.8 Å². The fourth-order valence-corrected chi connectivity index (χ4v) is 5.76. The van der Waals surface area contributed by atoms with Gasteiger partial charge in [-0.05, 0) is 75.2 Å². The number of nitrogens with zero attached hydrogens (tertiary/aromatic N) is 7. The molecule has 1 aromatic heterocycles. The van der Waals surface area contributed by atoms with Crippen molar-refractivity contribution in [3.05, 3.63) is 54.1 Å². The van der Waals surface area contributed by atoms with Crippen LogP contribution in [0.2, 0.25) is 0 Å². The second-order valence-corrected chi connectivity index (χ2v) is 11.7. The summed E-state index contributed by atoms with van der Waals surface area (Å²) in [6, 6.07) is 14.6. The van der Waals surface area contributed by atoms with E-state index in [1.165, 1.54) is 0 Å². The van der Waals surface area contributed by atoms with E-state index < -0.39 is 0 Å². The summed E-state index contributed by atoms with van der Waals surface area (Å²) in [5, 5.41) is 5.72. The Kier molecular flexibility index (Phi) is 9.17. The van der Waals surface area contributed by atoms with Crippen molar-refractivity contribution in [1.29, 1.82) is 0 Å². The lowest BCUT2D eigenvalue weighted by atomic mass is 10.1. The Balaban J connectivity index is 1.07. The molecule has 0 aliphatic carbocycles. The van der Waals surface area contributed by atoms with Crippen LogP contribution in [0.1, 0.15) is 37.0 Å². The first-order valence-corrected chi connectivity index (χ1v) is 15.6. The molecule has 3 aliphatic heterocycles. The Morgan fingerprint density at radius 1 is 0.705 bits per heavy atom. The zero-order valence-electron chi connectivity index (χ0n) is 25.5. The van der Waals surface area contributed by atoms with Crippen LogP contribution in [0.15, 0.2) is 48.5 Å². The smallest absolute Gasteiger partial charge is 0.323 e. The van der Waals surface area contributed by atoms with Gasteiger partial charge in [-0.15, -0.1) is 0 Å². The number of piperazine rings is 1. The number of hydrogen-bond acceptors (Lipinski definition) is 9. The third-order valence-corrected chi connectivity index (χ3v) is 8.42. The van der Waals surface area contributed by atoms with Crippen molar-refractivity contribution in [2.24, 2.45) is 0 Å². The van der Waals surface area contributed by atoms with E-state index in [1.54, 1.807) is 24.3 Å². The molecule has 3 aromatic rings. The summed E-state index contributed by atoms with van der Waals surface area (Å²) in [7, 11) is 0. The van der Waals surface area contributed by atoms with Gasteiger partial charge in [0.1, 0.15) is 0 Å². The third kappa shape index (κ3) is 7.08. The number of amides is 3. The van der Waals surface area contributed by atoms with Crippen molar-refractivity contribution in [3.63, 3.8) is 0 Å². The lowest BCUT2D eigenvalue weighted by molar-refractivity contribution is 0.0595. The maximum absolute atomic E-state index is 13.0. The number of carbonyl (C=O) groups excluding carboxylic acids is 2. The molecule has 12 nitrogen and oxygen atoms in total. The highest BCUT2D eigenvalue weighted by molar-refractivity contribution is 6.00. The quantitative estimate of drug-likeness (QED) is 0.418. The number of carbonyl (C=O) groups is 2. The van der Waals surface area contributed by atoms with Crippen LogP contribution in [0.3, 0.4) is 0 Å². The summed E-state index contributed by atoms with van der Waals surface area (Å²) in [5.74, 6) is 2.00. The minimum atomic E-state index is -0.368. The molecule has 4 heterocycles. The number of benzene rings is 2. The summed E-state index contributed by atoms with van der Waals surface area (Å²) in [5.41, 5.74) is 2.71. The SMILES string of the molecule is CC(C)N1CCN(C(=O)c2ccc(NC(=O)Nc3ccc(-c4nc(N5CCCC5)nc(N5CCOCC5)n4)cc3)cc2)CC1. The zero-order valence-corrected chi connectivity index (χ0v) is 25.5. The minimum Gasteiger partial charge on any atom is -0.378 e. The van der Waals surface area contributed by atoms with Crippen LogP contribution in [-0.2, 0) is 4.74 Å². The second-order valence-electron chi connectivity index (χ2n) is 11.7. The van der Waals surface area contributed by atoms with Gasteiger partial charge in [0.25, 0.3) is 5.91 Å². The van der Waals surface area contributed by atoms with Crippen LogP contribution >= 0.6 is 0 Å². The van der Waals surface area contributed by atoms with Crippen molar-refractivity contribution < 1.29 is 14.3 Å². The Labute approximate surface area is 258 Å². The van der Waals surface area contributed by atoms with E-state index in [4.69, 9.17) is 19.7 Å². The molecule has 0 spiro atoms. The number of morpholine rings is 1. The minimum absolute atomic E-state index is 0.0206. The molecule has 3 fully saturated rings. The molecule has 0 saturated carbocycles. The highest BCUT2D eigenvalue weighted by Crippen LogP contribution is 2.25. The number of anilines is 4. The molecule has 0 atom stereocenters. The molecule has 2 aromatic carbocycles. The number of nitrogens with one attached hydrogen (secondary N) is 2. The zero-order chi connectivity index (χ0) is 30.5. The molecule has 3 saturated heterocycles. The van der Waals surface area contributed by atoms with Crippen LogP contribution in [0.4, 0.5) is 28.1 Å². The molecule has 2 N–H and O–H groups in total. The topological polar surface area (TPSA) is 119 Å². The van der Waals surface area contributed by atoms with Crippen LogP contribution in [-0.4, -0.2) is 108 Å². The van der Waals surface area contributed by atoms with Gasteiger partial charge >= 0.3 is 6.03 Å². The van der Waals surface area contributed by atoms with Crippen molar-refractivity contribution >= 4 is 35.2 Å². The monoisotopic (exact) mass is 599 g/mol. The third-order valence-electron chi connectivity index (χ3n) is 8.42. The van der Waals surface area contributed by atoms with Gasteiger partial charge in [-0.2, -0.15) is 15.0 Å². The molecule has 12 heteroatoms. The first kappa shape index (κ1) is 29.8. The molecule has 232 valence electrons. The summed E-state index contributed by atoms with van der Waals surface area (Å²) in [4.78, 5) is 48.7. The van der Waals surface area contributed by atoms with Gasteiger partial charge < -0.3 is 30.1 Å². The molecule has 3 aliphatic rings. The van der Waals surface area contributed by atoms with Crippen molar-refractivity contribution in [2.75, 3.05) is 86.0 Å². The predicted molar refractivity (Wildman–Crippen MR) is 171 cm³/mol. The summed E-state index contributed by atoms with van der Waals surface area (Å²) in [6.07, 6.45) is 2.27. The molecule has 6 rings (SSSR count). The fourth-order valence-electron chi connectivity index (χ4n) is 5.76. The van der Waals surface area contributed by atoms with Gasteiger partial charge in [-0.1, -0.05) is 0 Å². The van der Waals surface area contributed by atoms with Crippen LogP contribution in [0.25, 0.3) is 11.4 Å². The Hall–Kier alpha value is -4.29. The van der Waals surface area contributed by atoms with E-state index in [-0.39, 0.29) is 11.9 Å². The number of rotatable bonds is 7. The largest absolute Gasteiger partial charge is 0.378 e. The Morgan fingerprint density at radius 3 is 1.82 bits per heavy atom. The van der Waals surface area contributed by atoms with Crippen LogP contribution < -0.4 is 20.4 Å². The van der Waals surface area contributed by atoms with E-state index in [0.29, 0.717) is 53.9 Å². The Bertz CT molecular complexity index is 1430. The molecular formula is C32H41N9O3. The van der Waals surface area contributed by atoms with Crippen molar-refractivity contribution in [1.82, 2.24) is 24.8 Å². The predicted octanol–water partition coefficient (Wildman–Crippen LogP) is 3.79. The van der Waals surface area contributed by atoms with E-state index in [2.05, 4.69) is 39.2 Å². The number of ether oxygens (including phenoxy) is 1. The summed E-state index contributed by atoms with van der Waals surface area (Å²) >= 11 is 0. The highest BCUT2D eigenvalue weighted by atomic mass is 16.5. The van der Waals surface area contributed by atoms with Gasteiger partial charge in [0.2, 0.25) is 11.9 Å². The fraction of sp³-hybridized carbons (Fsp3) is 0.469. The van der Waals surface area contributed by atoms with Crippen molar-refractivity contribution in [3.8, 4) is 11.4 Å². The summed E-state index contributed by atoms with van der Waals surface area (Å²) in [6.45, 7) is 12.3. The number of aromatic nitrogens is 3. The van der Waals surface area contributed by atoms with Gasteiger partial charge in [0, 0.05) is 80.9 Å². The first-order valence-electron chi connectivity index (χ1n) is 15.6. The maximum atomic E-state index is 13.0. The average Bonchev–Trinajstić information content (AvgIpc) is 3.61. The average molecular weight is 600 g/mol. The molecule has 3 amide bonds. The number of urea groups is 1. The molecule has 0 radical (unpaired) electrons. The number of hydrogen-bond donors (Lipinski definition) is 2. The Morgan fingerprint density at radius 2 is 1.25 bits per heavy atom. The van der Waals surface area contributed by atoms with Gasteiger partial charge in [0.05, 0.1) is 13.2 Å². The molecule has 44 heavy (non-hydrogen) atoms. The standard InChI is InChI=1S/C32H41N9O3/c1-23(2)38-15-17-39(18-16-38)29(42)25-7-11-27(12-8-25)34-32(43)33-26-9-5-24(6-10-26)28-35-30(40-13-3-4-14-40)37-31(36-28)41-19-21-44-22-20-41/h5-12,23H,3-4,13-22H2,1-2H3,(H2,33,34,43). The van der Waals surface area contributed by atoms with E-state index in [9.17, 15) is 9.59 Å². The van der Waals surface area contributed by atoms with Gasteiger partial charge in [-0.3, -0.25) is 9.69 Å². The van der Waals surface area contributed by atoms with Crippen molar-refractivity contribution in [2.45, 2.75) is 32.7 Å². The van der Waals surface area contributed by atoms with Crippen LogP contribution in [0.5, 0.6) is 0 Å². The highest BCUT2D eigenvalue weighted by Gasteiger charge is 2.24. The molecule has 0 unspecified atom stereocenters.